The minimum atomic E-state index is -0.404. The normalized spacial score (nSPS) is 13.0. The van der Waals surface area contributed by atoms with Crippen LogP contribution < -0.4 is 9.47 Å². The summed E-state index contributed by atoms with van der Waals surface area (Å²) in [6, 6.07) is 49.1. The standard InChI is InChI=1S/C48H48Cl2O3/c1-33-17-19-35(29-43(33)51-41-13-9-7-10-14-41)31-45(47(3,4)37-21-25-39(49)26-22-37)53-46(48(5,6)38-23-27-40(50)28-24-38)32-36-20-18-34(2)44(30-36)52-42-15-11-8-12-16-42/h7-30,45-46H,31-32H2,1-6H3. The summed E-state index contributed by atoms with van der Waals surface area (Å²) in [5.74, 6) is 3.28. The fraction of sp³-hybridized carbons (Fsp3) is 0.250. The number of hydrogen-bond donors (Lipinski definition) is 0. The number of para-hydroxylation sites is 2. The van der Waals surface area contributed by atoms with Gasteiger partial charge in [0, 0.05) is 20.9 Å². The van der Waals surface area contributed by atoms with Crippen molar-refractivity contribution in [1.82, 2.24) is 0 Å². The summed E-state index contributed by atoms with van der Waals surface area (Å²) in [4.78, 5) is 0. The minimum Gasteiger partial charge on any atom is -0.457 e. The Hall–Kier alpha value is -4.54. The van der Waals surface area contributed by atoms with E-state index < -0.39 is 10.8 Å². The van der Waals surface area contributed by atoms with Crippen molar-refractivity contribution in [3.05, 3.63) is 189 Å². The second-order valence-corrected chi connectivity index (χ2v) is 15.9. The van der Waals surface area contributed by atoms with Gasteiger partial charge in [-0.25, -0.2) is 0 Å². The summed E-state index contributed by atoms with van der Waals surface area (Å²) < 4.78 is 20.4. The molecule has 0 fully saturated rings. The van der Waals surface area contributed by atoms with Gasteiger partial charge in [-0.15, -0.1) is 0 Å². The van der Waals surface area contributed by atoms with Crippen LogP contribution in [0.15, 0.2) is 146 Å². The lowest BCUT2D eigenvalue weighted by Gasteiger charge is -2.43. The fourth-order valence-corrected chi connectivity index (χ4v) is 6.95. The van der Waals surface area contributed by atoms with Crippen molar-refractivity contribution < 1.29 is 14.2 Å². The molecule has 0 bridgehead atoms. The summed E-state index contributed by atoms with van der Waals surface area (Å²) in [7, 11) is 0. The number of halogens is 2. The molecule has 6 aromatic carbocycles. The highest BCUT2D eigenvalue weighted by Crippen LogP contribution is 2.40. The zero-order valence-electron chi connectivity index (χ0n) is 31.4. The van der Waals surface area contributed by atoms with E-state index in [1.165, 1.54) is 0 Å². The minimum absolute atomic E-state index is 0.238. The van der Waals surface area contributed by atoms with Gasteiger partial charge in [-0.3, -0.25) is 0 Å². The van der Waals surface area contributed by atoms with Gasteiger partial charge in [0.15, 0.2) is 0 Å². The Kier molecular flexibility index (Phi) is 12.0. The van der Waals surface area contributed by atoms with Crippen LogP contribution in [0.3, 0.4) is 0 Å². The first-order valence-electron chi connectivity index (χ1n) is 18.2. The third-order valence-corrected chi connectivity index (χ3v) is 10.9. The van der Waals surface area contributed by atoms with Gasteiger partial charge in [0.1, 0.15) is 23.0 Å². The molecule has 0 saturated heterocycles. The van der Waals surface area contributed by atoms with Crippen molar-refractivity contribution in [2.24, 2.45) is 0 Å². The maximum Gasteiger partial charge on any atom is 0.130 e. The van der Waals surface area contributed by atoms with Gasteiger partial charge >= 0.3 is 0 Å². The maximum absolute atomic E-state index is 7.59. The van der Waals surface area contributed by atoms with Crippen molar-refractivity contribution in [2.75, 3.05) is 0 Å². The van der Waals surface area contributed by atoms with Gasteiger partial charge in [-0.1, -0.05) is 136 Å². The van der Waals surface area contributed by atoms with Crippen LogP contribution in [0.2, 0.25) is 10.0 Å². The Balaban J connectivity index is 1.40. The topological polar surface area (TPSA) is 27.7 Å². The van der Waals surface area contributed by atoms with Gasteiger partial charge in [-0.05, 0) is 121 Å². The molecular formula is C48H48Cl2O3. The summed E-state index contributed by atoms with van der Waals surface area (Å²) in [6.45, 7) is 13.2. The SMILES string of the molecule is Cc1ccc(CC(OC(Cc2ccc(C)c(Oc3ccccc3)c2)C(C)(C)c2ccc(Cl)cc2)C(C)(C)c2ccc(Cl)cc2)cc1Oc1ccccc1. The Morgan fingerprint density at radius 3 is 1.19 bits per heavy atom. The Morgan fingerprint density at radius 2 is 0.830 bits per heavy atom. The van der Waals surface area contributed by atoms with E-state index in [0.29, 0.717) is 22.9 Å². The smallest absolute Gasteiger partial charge is 0.130 e. The molecule has 0 aliphatic heterocycles. The highest BCUT2D eigenvalue weighted by molar-refractivity contribution is 6.30. The zero-order chi connectivity index (χ0) is 37.6. The molecule has 2 atom stereocenters. The molecule has 0 spiro atoms. The third-order valence-electron chi connectivity index (χ3n) is 10.4. The Labute approximate surface area is 325 Å². The van der Waals surface area contributed by atoms with Crippen molar-refractivity contribution in [1.29, 1.82) is 0 Å². The van der Waals surface area contributed by atoms with Crippen LogP contribution in [0.25, 0.3) is 0 Å². The molecule has 0 N–H and O–H groups in total. The Morgan fingerprint density at radius 1 is 0.472 bits per heavy atom. The van der Waals surface area contributed by atoms with E-state index in [-0.39, 0.29) is 12.2 Å². The number of ether oxygens (including phenoxy) is 3. The molecule has 0 aliphatic rings. The lowest BCUT2D eigenvalue weighted by Crippen LogP contribution is -2.46. The van der Waals surface area contributed by atoms with E-state index in [9.17, 15) is 0 Å². The quantitative estimate of drug-likeness (QED) is 0.111. The van der Waals surface area contributed by atoms with Crippen LogP contribution in [0.5, 0.6) is 23.0 Å². The number of aryl methyl sites for hydroxylation is 2. The summed E-state index contributed by atoms with van der Waals surface area (Å²) in [6.07, 6.45) is 0.839. The van der Waals surface area contributed by atoms with Crippen molar-refractivity contribution in [3.63, 3.8) is 0 Å². The lowest BCUT2D eigenvalue weighted by atomic mass is 9.74. The molecule has 272 valence electrons. The second-order valence-electron chi connectivity index (χ2n) is 15.0. The van der Waals surface area contributed by atoms with E-state index >= 15 is 0 Å². The first kappa shape index (κ1) is 38.2. The van der Waals surface area contributed by atoms with Crippen molar-refractivity contribution >= 4 is 23.2 Å². The summed E-state index contributed by atoms with van der Waals surface area (Å²) >= 11 is 12.8. The number of rotatable bonds is 14. The van der Waals surface area contributed by atoms with Crippen LogP contribution in [0.4, 0.5) is 0 Å². The van der Waals surface area contributed by atoms with Gasteiger partial charge in [-0.2, -0.15) is 0 Å². The zero-order valence-corrected chi connectivity index (χ0v) is 32.9. The number of benzene rings is 6. The fourth-order valence-electron chi connectivity index (χ4n) is 6.70. The molecule has 6 rings (SSSR count). The molecule has 0 saturated carbocycles. The molecule has 0 aromatic heterocycles. The molecule has 0 heterocycles. The third kappa shape index (κ3) is 9.53. The van der Waals surface area contributed by atoms with Gasteiger partial charge in [0.2, 0.25) is 0 Å². The molecular weight excluding hydrogens is 695 g/mol. The van der Waals surface area contributed by atoms with E-state index in [0.717, 1.165) is 56.4 Å². The van der Waals surface area contributed by atoms with E-state index in [1.807, 2.05) is 84.9 Å². The highest BCUT2D eigenvalue weighted by Gasteiger charge is 2.40. The van der Waals surface area contributed by atoms with E-state index in [1.54, 1.807) is 0 Å². The van der Waals surface area contributed by atoms with E-state index in [2.05, 4.69) is 102 Å². The van der Waals surface area contributed by atoms with Gasteiger partial charge in [0.05, 0.1) is 12.2 Å². The van der Waals surface area contributed by atoms with Crippen LogP contribution in [-0.2, 0) is 28.4 Å². The van der Waals surface area contributed by atoms with Crippen LogP contribution >= 0.6 is 23.2 Å². The lowest BCUT2D eigenvalue weighted by molar-refractivity contribution is -0.0753. The average molecular weight is 744 g/mol. The summed E-state index contributed by atoms with van der Waals surface area (Å²) in [5.41, 5.74) is 5.89. The largest absolute Gasteiger partial charge is 0.457 e. The highest BCUT2D eigenvalue weighted by atomic mass is 35.5. The maximum atomic E-state index is 7.59. The van der Waals surface area contributed by atoms with Crippen molar-refractivity contribution in [2.45, 2.75) is 77.4 Å². The monoisotopic (exact) mass is 742 g/mol. The van der Waals surface area contributed by atoms with E-state index in [4.69, 9.17) is 37.4 Å². The molecule has 0 aliphatic carbocycles. The molecule has 2 unspecified atom stereocenters. The molecule has 0 amide bonds. The summed E-state index contributed by atoms with van der Waals surface area (Å²) in [5, 5.41) is 1.41. The van der Waals surface area contributed by atoms with Gasteiger partial charge in [0.25, 0.3) is 0 Å². The number of hydrogen-bond acceptors (Lipinski definition) is 3. The molecule has 3 nitrogen and oxygen atoms in total. The van der Waals surface area contributed by atoms with Crippen LogP contribution in [-0.4, -0.2) is 12.2 Å². The first-order chi connectivity index (χ1) is 25.4. The van der Waals surface area contributed by atoms with Gasteiger partial charge < -0.3 is 14.2 Å². The molecule has 53 heavy (non-hydrogen) atoms. The van der Waals surface area contributed by atoms with Crippen LogP contribution in [0, 0.1) is 13.8 Å². The average Bonchev–Trinajstić information content (AvgIpc) is 3.15. The first-order valence-corrected chi connectivity index (χ1v) is 19.0. The predicted octanol–water partition coefficient (Wildman–Crippen LogP) is 13.7. The van der Waals surface area contributed by atoms with Crippen molar-refractivity contribution in [3.8, 4) is 23.0 Å². The molecule has 0 radical (unpaired) electrons. The molecule has 6 aromatic rings. The second kappa shape index (κ2) is 16.6. The van der Waals surface area contributed by atoms with Crippen LogP contribution in [0.1, 0.15) is 61.1 Å². The Bertz CT molecular complexity index is 1940. The molecule has 5 heteroatoms. The predicted molar refractivity (Wildman–Crippen MR) is 220 cm³/mol.